The fraction of sp³-hybridized carbons (Fsp3) is 0.0588. The summed E-state index contributed by atoms with van der Waals surface area (Å²) >= 11 is 0. The van der Waals surface area contributed by atoms with Crippen LogP contribution in [0.15, 0.2) is 352 Å². The molecule has 478 valence electrons. The Labute approximate surface area is 594 Å². The van der Waals surface area contributed by atoms with Crippen LogP contribution in [0.2, 0.25) is 0 Å². The maximum atomic E-state index is 2.44. The van der Waals surface area contributed by atoms with Crippen molar-refractivity contribution < 1.29 is 0 Å². The molecule has 0 bridgehead atoms. The van der Waals surface area contributed by atoms with Crippen LogP contribution in [0.1, 0.15) is 49.9 Å². The first kappa shape index (κ1) is 59.6. The highest BCUT2D eigenvalue weighted by Gasteiger charge is 2.42. The molecule has 0 aromatic heterocycles. The third kappa shape index (κ3) is 8.89. The van der Waals surface area contributed by atoms with Gasteiger partial charge in [-0.3, -0.25) is 0 Å². The molecule has 0 N–H and O–H groups in total. The summed E-state index contributed by atoms with van der Waals surface area (Å²) in [4.78, 5) is 0. The van der Waals surface area contributed by atoms with E-state index in [0.717, 1.165) is 0 Å². The number of benzene rings is 19. The maximum absolute atomic E-state index is 2.44. The van der Waals surface area contributed by atoms with E-state index in [9.17, 15) is 0 Å². The van der Waals surface area contributed by atoms with E-state index < -0.39 is 0 Å². The fourth-order valence-electron chi connectivity index (χ4n) is 18.7. The van der Waals surface area contributed by atoms with E-state index in [-0.39, 0.29) is 10.8 Å². The summed E-state index contributed by atoms with van der Waals surface area (Å²) < 4.78 is 0. The van der Waals surface area contributed by atoms with Crippen LogP contribution in [0.4, 0.5) is 0 Å². The van der Waals surface area contributed by atoms with E-state index in [1.165, 1.54) is 208 Å². The minimum Gasteiger partial charge on any atom is -0.0622 e. The monoisotopic (exact) mass is 1290 g/mol. The summed E-state index contributed by atoms with van der Waals surface area (Å²) in [6.45, 7) is 9.64. The molecule has 0 unspecified atom stereocenters. The van der Waals surface area contributed by atoms with Gasteiger partial charge in [-0.05, 0) is 226 Å². The van der Waals surface area contributed by atoms with Crippen LogP contribution in [0.3, 0.4) is 0 Å². The van der Waals surface area contributed by atoms with E-state index in [4.69, 9.17) is 0 Å². The molecule has 0 heterocycles. The average molecular weight is 1300 g/mol. The SMILES string of the molecule is CC1(C)c2cccc(-c3cccc(-c4c5ccccc5c(-c5ccc6ccccc6c5)c5ccccc45)c3)c2-c2c1c1ccccc1c1ccccc21.CC1(C)c2cccc(-c3cccc(-c4c5ccccc5c(-c5ccccc5)c5ccccc45)c3)c2-c2c1c1ccccc1c1ccccc21. The predicted molar refractivity (Wildman–Crippen MR) is 438 cm³/mol. The fourth-order valence-corrected chi connectivity index (χ4v) is 18.7. The molecule has 2 aliphatic rings. The second-order valence-electron chi connectivity index (χ2n) is 29.2. The molecule has 0 spiro atoms. The van der Waals surface area contributed by atoms with E-state index in [1.54, 1.807) is 0 Å². The van der Waals surface area contributed by atoms with Gasteiger partial charge in [-0.15, -0.1) is 0 Å². The van der Waals surface area contributed by atoms with Crippen molar-refractivity contribution >= 4 is 97.0 Å². The van der Waals surface area contributed by atoms with Gasteiger partial charge in [0.25, 0.3) is 0 Å². The maximum Gasteiger partial charge on any atom is 0.0165 e. The summed E-state index contributed by atoms with van der Waals surface area (Å²) in [5.74, 6) is 0. The van der Waals surface area contributed by atoms with Gasteiger partial charge >= 0.3 is 0 Å². The Balaban J connectivity index is 0.000000137. The molecule has 0 saturated carbocycles. The second kappa shape index (κ2) is 23.0. The van der Waals surface area contributed by atoms with Gasteiger partial charge in [-0.1, -0.05) is 361 Å². The number of fused-ring (bicyclic) bond motifs is 21. The minimum absolute atomic E-state index is 0.137. The van der Waals surface area contributed by atoms with Crippen LogP contribution in [0, 0.1) is 0 Å². The van der Waals surface area contributed by atoms with Crippen molar-refractivity contribution in [3.05, 3.63) is 374 Å². The smallest absolute Gasteiger partial charge is 0.0165 e. The van der Waals surface area contributed by atoms with Crippen molar-refractivity contribution in [3.63, 3.8) is 0 Å². The molecule has 102 heavy (non-hydrogen) atoms. The minimum atomic E-state index is -0.146. The zero-order valence-corrected chi connectivity index (χ0v) is 57.5. The van der Waals surface area contributed by atoms with Crippen molar-refractivity contribution in [3.8, 4) is 89.0 Å². The molecule has 0 atom stereocenters. The molecule has 0 heteroatoms. The third-order valence-electron chi connectivity index (χ3n) is 23.0. The quantitative estimate of drug-likeness (QED) is 0.115. The lowest BCUT2D eigenvalue weighted by Gasteiger charge is -2.24. The van der Waals surface area contributed by atoms with Crippen molar-refractivity contribution in [1.29, 1.82) is 0 Å². The summed E-state index contributed by atoms with van der Waals surface area (Å²) in [6.07, 6.45) is 0. The lowest BCUT2D eigenvalue weighted by atomic mass is 9.79. The van der Waals surface area contributed by atoms with Crippen molar-refractivity contribution in [2.24, 2.45) is 0 Å². The first-order valence-corrected chi connectivity index (χ1v) is 36.0. The molecular formula is C102H70. The molecular weight excluding hydrogens is 1230 g/mol. The lowest BCUT2D eigenvalue weighted by Crippen LogP contribution is -2.15. The van der Waals surface area contributed by atoms with E-state index in [2.05, 4.69) is 380 Å². The van der Waals surface area contributed by atoms with E-state index >= 15 is 0 Å². The van der Waals surface area contributed by atoms with Gasteiger partial charge in [-0.2, -0.15) is 0 Å². The number of hydrogen-bond acceptors (Lipinski definition) is 0. The van der Waals surface area contributed by atoms with Crippen molar-refractivity contribution in [2.45, 2.75) is 38.5 Å². The molecule has 2 aliphatic carbocycles. The molecule has 0 fully saturated rings. The Bertz CT molecular complexity index is 6620. The van der Waals surface area contributed by atoms with Gasteiger partial charge in [0.05, 0.1) is 0 Å². The highest BCUT2D eigenvalue weighted by atomic mass is 14.4. The van der Waals surface area contributed by atoms with Crippen LogP contribution in [0.5, 0.6) is 0 Å². The molecule has 0 saturated heterocycles. The summed E-state index contributed by atoms with van der Waals surface area (Å²) in [6, 6.07) is 131. The molecule has 0 radical (unpaired) electrons. The van der Waals surface area contributed by atoms with Crippen molar-refractivity contribution in [2.75, 3.05) is 0 Å². The molecule has 0 aliphatic heterocycles. The van der Waals surface area contributed by atoms with Crippen LogP contribution in [-0.2, 0) is 10.8 Å². The van der Waals surface area contributed by atoms with Gasteiger partial charge in [0, 0.05) is 10.8 Å². The highest BCUT2D eigenvalue weighted by molar-refractivity contribution is 6.25. The molecule has 0 amide bonds. The summed E-state index contributed by atoms with van der Waals surface area (Å²) in [5.41, 5.74) is 26.1. The van der Waals surface area contributed by atoms with Crippen LogP contribution < -0.4 is 0 Å². The predicted octanol–water partition coefficient (Wildman–Crippen LogP) is 28.4. The summed E-state index contributed by atoms with van der Waals surface area (Å²) in [5, 5.41) is 23.4. The van der Waals surface area contributed by atoms with E-state index in [0.29, 0.717) is 0 Å². The molecule has 19 aromatic rings. The molecule has 19 aromatic carbocycles. The van der Waals surface area contributed by atoms with Gasteiger partial charge in [0.1, 0.15) is 0 Å². The van der Waals surface area contributed by atoms with Crippen LogP contribution in [0.25, 0.3) is 186 Å². The normalized spacial score (nSPS) is 13.3. The van der Waals surface area contributed by atoms with Crippen molar-refractivity contribution in [1.82, 2.24) is 0 Å². The van der Waals surface area contributed by atoms with Gasteiger partial charge in [0.15, 0.2) is 0 Å². The zero-order valence-electron chi connectivity index (χ0n) is 57.5. The topological polar surface area (TPSA) is 0 Å². The van der Waals surface area contributed by atoms with Gasteiger partial charge in [-0.25, -0.2) is 0 Å². The van der Waals surface area contributed by atoms with E-state index in [1.807, 2.05) is 0 Å². The Morgan fingerprint density at radius 2 is 0.422 bits per heavy atom. The number of rotatable bonds is 6. The first-order valence-electron chi connectivity index (χ1n) is 36.0. The summed E-state index contributed by atoms with van der Waals surface area (Å²) in [7, 11) is 0. The Kier molecular flexibility index (Phi) is 13.5. The first-order chi connectivity index (χ1) is 50.2. The number of hydrogen-bond donors (Lipinski definition) is 0. The van der Waals surface area contributed by atoms with Gasteiger partial charge in [0.2, 0.25) is 0 Å². The van der Waals surface area contributed by atoms with Crippen LogP contribution in [-0.4, -0.2) is 0 Å². The van der Waals surface area contributed by atoms with Crippen LogP contribution >= 0.6 is 0 Å². The molecule has 21 rings (SSSR count). The highest BCUT2D eigenvalue weighted by Crippen LogP contribution is 2.60. The second-order valence-corrected chi connectivity index (χ2v) is 29.2. The van der Waals surface area contributed by atoms with Gasteiger partial charge < -0.3 is 0 Å². The molecule has 0 nitrogen and oxygen atoms in total. The largest absolute Gasteiger partial charge is 0.0622 e. The average Bonchev–Trinajstić information content (AvgIpc) is 1.53. The third-order valence-corrected chi connectivity index (χ3v) is 23.0. The standard InChI is InChI=1S/C53H36.C49H34/c1-53(2)47-28-14-27-38(50(47)51-41-21-7-5-19-39(41)40-20-6-12-26-46(40)52(51)53)35-17-13-18-36(32-35)48-42-22-8-10-24-44(42)49(45-25-11-9-23-43(45)48)37-30-29-33-15-3-4-16-34(33)31-37;1-49(2)43-29-15-28-34(46(43)47-37-22-8-6-20-35(37)36-21-7-13-27-42(36)48(47)49)32-18-14-19-33(30-32)45-40-25-11-9-23-38(40)44(31-16-4-3-5-17-31)39-24-10-12-26-41(39)45/h3-32H,1-2H3;3-30H,1-2H3. The Morgan fingerprint density at radius 1 is 0.157 bits per heavy atom. The lowest BCUT2D eigenvalue weighted by molar-refractivity contribution is 0.666. The zero-order chi connectivity index (χ0) is 68.0. The Hall–Kier alpha value is -12.5. The Morgan fingerprint density at radius 3 is 0.804 bits per heavy atom.